The second kappa shape index (κ2) is 8.54. The monoisotopic (exact) mass is 379 g/mol. The lowest BCUT2D eigenvalue weighted by Gasteiger charge is -2.26. The second-order valence-corrected chi connectivity index (χ2v) is 6.27. The Bertz CT molecular complexity index is 916. The largest absolute Gasteiger partial charge is 0.503 e. The Balaban J connectivity index is 1.98. The Morgan fingerprint density at radius 2 is 1.82 bits per heavy atom. The number of nitrogens with zero attached hydrogens (tertiary/aromatic N) is 1. The number of methoxy groups -OCH3 is 1. The third-order valence-corrected chi connectivity index (χ3v) is 4.57. The maximum Gasteiger partial charge on any atom is 0.290 e. The van der Waals surface area contributed by atoms with Crippen LogP contribution in [0, 0.1) is 0 Å². The van der Waals surface area contributed by atoms with Crippen LogP contribution in [0.15, 0.2) is 72.0 Å². The van der Waals surface area contributed by atoms with E-state index in [0.29, 0.717) is 11.3 Å². The van der Waals surface area contributed by atoms with Crippen molar-refractivity contribution in [3.8, 4) is 5.75 Å². The van der Waals surface area contributed by atoms with Crippen LogP contribution in [0.25, 0.3) is 6.08 Å². The van der Waals surface area contributed by atoms with Gasteiger partial charge in [-0.15, -0.1) is 0 Å². The van der Waals surface area contributed by atoms with Crippen LogP contribution < -0.4 is 4.74 Å². The van der Waals surface area contributed by atoms with Crippen molar-refractivity contribution in [1.82, 2.24) is 4.90 Å². The van der Waals surface area contributed by atoms with E-state index in [1.165, 1.54) is 11.0 Å². The topological polar surface area (TPSA) is 87.1 Å². The third kappa shape index (κ3) is 3.82. The Morgan fingerprint density at radius 1 is 1.14 bits per heavy atom. The third-order valence-electron chi connectivity index (χ3n) is 4.57. The molecular formula is C22H21NO5. The minimum absolute atomic E-state index is 0.00122. The van der Waals surface area contributed by atoms with Crippen molar-refractivity contribution < 1.29 is 24.5 Å². The molecule has 0 fully saturated rings. The zero-order valence-corrected chi connectivity index (χ0v) is 15.4. The van der Waals surface area contributed by atoms with Crippen LogP contribution in [0.3, 0.4) is 0 Å². The van der Waals surface area contributed by atoms with Crippen LogP contribution in [-0.2, 0) is 9.59 Å². The molecule has 0 aliphatic carbocycles. The van der Waals surface area contributed by atoms with Gasteiger partial charge in [0.25, 0.3) is 5.91 Å². The van der Waals surface area contributed by atoms with Crippen molar-refractivity contribution in [2.24, 2.45) is 0 Å². The average molecular weight is 379 g/mol. The van der Waals surface area contributed by atoms with Gasteiger partial charge in [0.2, 0.25) is 0 Å². The van der Waals surface area contributed by atoms with Crippen LogP contribution >= 0.6 is 0 Å². The number of ketones is 1. The Hall–Kier alpha value is -3.38. The molecule has 1 aliphatic heterocycles. The molecule has 0 saturated heterocycles. The summed E-state index contributed by atoms with van der Waals surface area (Å²) in [7, 11) is 1.54. The van der Waals surface area contributed by atoms with Crippen molar-refractivity contribution in [1.29, 1.82) is 0 Å². The minimum Gasteiger partial charge on any atom is -0.503 e. The van der Waals surface area contributed by atoms with Gasteiger partial charge in [-0.05, 0) is 29.3 Å². The highest BCUT2D eigenvalue weighted by molar-refractivity contribution is 6.14. The van der Waals surface area contributed by atoms with Crippen LogP contribution in [-0.4, -0.2) is 47.1 Å². The van der Waals surface area contributed by atoms with Gasteiger partial charge in [-0.3, -0.25) is 9.59 Å². The van der Waals surface area contributed by atoms with E-state index in [-0.39, 0.29) is 18.7 Å². The molecule has 144 valence electrons. The Labute approximate surface area is 163 Å². The molecule has 0 radical (unpaired) electrons. The summed E-state index contributed by atoms with van der Waals surface area (Å²) in [5.41, 5.74) is 1.47. The molecule has 3 rings (SSSR count). The van der Waals surface area contributed by atoms with Crippen molar-refractivity contribution in [3.63, 3.8) is 0 Å². The van der Waals surface area contributed by atoms with Crippen molar-refractivity contribution in [2.75, 3.05) is 20.3 Å². The molecule has 1 heterocycles. The highest BCUT2D eigenvalue weighted by atomic mass is 16.5. The number of hydrogen-bond acceptors (Lipinski definition) is 5. The average Bonchev–Trinajstić information content (AvgIpc) is 2.98. The predicted octanol–water partition coefficient (Wildman–Crippen LogP) is 2.67. The molecule has 1 atom stereocenters. The van der Waals surface area contributed by atoms with Crippen molar-refractivity contribution in [3.05, 3.63) is 83.1 Å². The normalized spacial score (nSPS) is 16.9. The Kier molecular flexibility index (Phi) is 5.91. The number of aliphatic hydroxyl groups is 2. The molecule has 1 aliphatic rings. The lowest BCUT2D eigenvalue weighted by atomic mass is 9.95. The van der Waals surface area contributed by atoms with Crippen LogP contribution in [0.1, 0.15) is 17.2 Å². The molecule has 6 nitrogen and oxygen atoms in total. The van der Waals surface area contributed by atoms with Gasteiger partial charge in [0.15, 0.2) is 11.5 Å². The number of amides is 1. The van der Waals surface area contributed by atoms with Crippen molar-refractivity contribution in [2.45, 2.75) is 6.04 Å². The minimum atomic E-state index is -0.779. The summed E-state index contributed by atoms with van der Waals surface area (Å²) in [6.45, 7) is -0.286. The van der Waals surface area contributed by atoms with Crippen molar-refractivity contribution >= 4 is 17.8 Å². The van der Waals surface area contributed by atoms with E-state index in [0.717, 1.165) is 5.56 Å². The fourth-order valence-electron chi connectivity index (χ4n) is 3.20. The zero-order chi connectivity index (χ0) is 20.1. The SMILES string of the molecule is COc1ccc(C2C(C(=O)C=Cc3ccccc3)=C(O)C(=O)N2CCO)cc1. The van der Waals surface area contributed by atoms with Gasteiger partial charge < -0.3 is 19.8 Å². The molecule has 0 bridgehead atoms. The molecule has 0 spiro atoms. The van der Waals surface area contributed by atoms with Crippen LogP contribution in [0.2, 0.25) is 0 Å². The summed E-state index contributed by atoms with van der Waals surface area (Å²) >= 11 is 0. The van der Waals surface area contributed by atoms with E-state index < -0.39 is 23.5 Å². The molecule has 28 heavy (non-hydrogen) atoms. The maximum absolute atomic E-state index is 12.9. The first-order valence-corrected chi connectivity index (χ1v) is 8.83. The first-order valence-electron chi connectivity index (χ1n) is 8.83. The van der Waals surface area contributed by atoms with Crippen LogP contribution in [0.4, 0.5) is 0 Å². The van der Waals surface area contributed by atoms with Gasteiger partial charge in [-0.25, -0.2) is 0 Å². The number of carbonyl (C=O) groups is 2. The fourth-order valence-corrected chi connectivity index (χ4v) is 3.20. The van der Waals surface area contributed by atoms with E-state index in [4.69, 9.17) is 4.74 Å². The molecular weight excluding hydrogens is 358 g/mol. The highest BCUT2D eigenvalue weighted by Gasteiger charge is 2.42. The summed E-state index contributed by atoms with van der Waals surface area (Å²) in [4.78, 5) is 26.7. The summed E-state index contributed by atoms with van der Waals surface area (Å²) in [5, 5.41) is 19.7. The number of benzene rings is 2. The van der Waals surface area contributed by atoms with E-state index in [9.17, 15) is 19.8 Å². The number of hydrogen-bond donors (Lipinski definition) is 2. The number of ether oxygens (including phenoxy) is 1. The van der Waals surface area contributed by atoms with Gasteiger partial charge in [0, 0.05) is 6.54 Å². The Morgan fingerprint density at radius 3 is 2.43 bits per heavy atom. The zero-order valence-electron chi connectivity index (χ0n) is 15.4. The van der Waals surface area contributed by atoms with Gasteiger partial charge in [-0.1, -0.05) is 48.5 Å². The molecule has 1 unspecified atom stereocenters. The number of aliphatic hydroxyl groups excluding tert-OH is 2. The van der Waals surface area contributed by atoms with E-state index in [1.807, 2.05) is 30.3 Å². The van der Waals surface area contributed by atoms with Gasteiger partial charge in [-0.2, -0.15) is 0 Å². The fraction of sp³-hybridized carbons (Fsp3) is 0.182. The molecule has 2 aromatic carbocycles. The number of allylic oxidation sites excluding steroid dienone is 1. The van der Waals surface area contributed by atoms with Gasteiger partial charge in [0.1, 0.15) is 5.75 Å². The molecule has 0 saturated carbocycles. The molecule has 0 aromatic heterocycles. The predicted molar refractivity (Wildman–Crippen MR) is 105 cm³/mol. The second-order valence-electron chi connectivity index (χ2n) is 6.27. The first kappa shape index (κ1) is 19.4. The number of β-amino-alcohol motifs (C(OH)–C–C–N with tert-alkyl or cyclic N) is 1. The molecule has 1 amide bonds. The number of carbonyl (C=O) groups excluding carboxylic acids is 2. The van der Waals surface area contributed by atoms with E-state index in [1.54, 1.807) is 37.5 Å². The maximum atomic E-state index is 12.9. The first-order chi connectivity index (χ1) is 13.6. The standard InChI is InChI=1S/C22H21NO5/c1-28-17-10-8-16(9-11-17)20-19(21(26)22(27)23(20)13-14-24)18(25)12-7-15-5-3-2-4-6-15/h2-12,20,24,26H,13-14H2,1H3. The molecule has 6 heteroatoms. The lowest BCUT2D eigenvalue weighted by molar-refractivity contribution is -0.129. The number of rotatable bonds is 7. The summed E-state index contributed by atoms with van der Waals surface area (Å²) < 4.78 is 5.15. The van der Waals surface area contributed by atoms with Gasteiger partial charge in [0.05, 0.1) is 25.3 Å². The van der Waals surface area contributed by atoms with Crippen LogP contribution in [0.5, 0.6) is 5.75 Å². The lowest BCUT2D eigenvalue weighted by Crippen LogP contribution is -2.33. The molecule has 2 aromatic rings. The summed E-state index contributed by atoms with van der Waals surface area (Å²) in [5.74, 6) is -1.09. The quantitative estimate of drug-likeness (QED) is 0.723. The summed E-state index contributed by atoms with van der Waals surface area (Å²) in [6, 6.07) is 15.4. The smallest absolute Gasteiger partial charge is 0.290 e. The van der Waals surface area contributed by atoms with Gasteiger partial charge >= 0.3 is 0 Å². The summed E-state index contributed by atoms with van der Waals surface area (Å²) in [6.07, 6.45) is 2.97. The highest BCUT2D eigenvalue weighted by Crippen LogP contribution is 2.38. The molecule has 2 N–H and O–H groups in total. The van der Waals surface area contributed by atoms with E-state index in [2.05, 4.69) is 0 Å². The van der Waals surface area contributed by atoms with E-state index >= 15 is 0 Å².